The van der Waals surface area contributed by atoms with Crippen LogP contribution in [0.2, 0.25) is 0 Å². The molecule has 198 valence electrons. The molecule has 0 fully saturated rings. The molecule has 0 saturated carbocycles. The SMILES string of the molecule is C[C@@H]1CN([C@@H](C)CO)C(=O)c2cc(/C=C/c3ccccc3)cnc2O[C@H]1CN(C)C(=O)c1ccc(F)cc1. The van der Waals surface area contributed by atoms with Crippen LogP contribution in [0.25, 0.3) is 12.2 Å². The Morgan fingerprint density at radius 3 is 2.55 bits per heavy atom. The van der Waals surface area contributed by atoms with Crippen LogP contribution in [0, 0.1) is 11.7 Å². The predicted molar refractivity (Wildman–Crippen MR) is 144 cm³/mol. The number of amides is 2. The average molecular weight is 518 g/mol. The fourth-order valence-electron chi connectivity index (χ4n) is 4.35. The lowest BCUT2D eigenvalue weighted by Crippen LogP contribution is -2.50. The van der Waals surface area contributed by atoms with Gasteiger partial charge in [0.25, 0.3) is 11.8 Å². The highest BCUT2D eigenvalue weighted by atomic mass is 19.1. The minimum absolute atomic E-state index is 0.177. The van der Waals surface area contributed by atoms with E-state index in [1.165, 1.54) is 29.2 Å². The third kappa shape index (κ3) is 6.26. The van der Waals surface area contributed by atoms with Crippen molar-refractivity contribution < 1.29 is 23.8 Å². The first-order chi connectivity index (χ1) is 18.3. The molecule has 0 radical (unpaired) electrons. The van der Waals surface area contributed by atoms with Crippen LogP contribution in [-0.2, 0) is 0 Å². The van der Waals surface area contributed by atoms with Crippen LogP contribution in [0.3, 0.4) is 0 Å². The summed E-state index contributed by atoms with van der Waals surface area (Å²) in [5.41, 5.74) is 2.41. The minimum Gasteiger partial charge on any atom is -0.472 e. The topological polar surface area (TPSA) is 83.0 Å². The molecule has 2 aromatic carbocycles. The number of aliphatic hydroxyl groups is 1. The molecule has 3 aromatic rings. The number of carbonyl (C=O) groups is 2. The van der Waals surface area contributed by atoms with Crippen molar-refractivity contribution in [2.75, 3.05) is 26.7 Å². The van der Waals surface area contributed by atoms with Gasteiger partial charge in [0.05, 0.1) is 19.2 Å². The maximum Gasteiger partial charge on any atom is 0.259 e. The monoisotopic (exact) mass is 517 g/mol. The zero-order valence-corrected chi connectivity index (χ0v) is 21.8. The van der Waals surface area contributed by atoms with E-state index in [-0.39, 0.29) is 36.8 Å². The van der Waals surface area contributed by atoms with Gasteiger partial charge in [-0.25, -0.2) is 9.37 Å². The number of aliphatic hydroxyl groups excluding tert-OH is 1. The number of aromatic nitrogens is 1. The Morgan fingerprint density at radius 2 is 1.87 bits per heavy atom. The normalized spacial score (nSPS) is 18.3. The summed E-state index contributed by atoms with van der Waals surface area (Å²) in [6, 6.07) is 16.5. The fourth-order valence-corrected chi connectivity index (χ4v) is 4.35. The maximum absolute atomic E-state index is 13.6. The number of hydrogen-bond acceptors (Lipinski definition) is 5. The van der Waals surface area contributed by atoms with Crippen molar-refractivity contribution >= 4 is 24.0 Å². The van der Waals surface area contributed by atoms with Crippen LogP contribution in [-0.4, -0.2) is 70.6 Å². The van der Waals surface area contributed by atoms with Crippen molar-refractivity contribution in [2.24, 2.45) is 5.92 Å². The number of ether oxygens (including phenoxy) is 1. The Labute approximate surface area is 222 Å². The van der Waals surface area contributed by atoms with Gasteiger partial charge in [0.15, 0.2) is 0 Å². The lowest BCUT2D eigenvalue weighted by molar-refractivity contribution is 0.0313. The molecule has 3 atom stereocenters. The summed E-state index contributed by atoms with van der Waals surface area (Å²) in [6.45, 7) is 4.09. The van der Waals surface area contributed by atoms with E-state index in [9.17, 15) is 19.1 Å². The summed E-state index contributed by atoms with van der Waals surface area (Å²) in [7, 11) is 1.66. The van der Waals surface area contributed by atoms with Gasteiger partial charge in [-0.1, -0.05) is 49.4 Å². The second-order valence-corrected chi connectivity index (χ2v) is 9.68. The Hall–Kier alpha value is -4.04. The number of nitrogens with zero attached hydrogens (tertiary/aromatic N) is 3. The third-order valence-electron chi connectivity index (χ3n) is 6.70. The van der Waals surface area contributed by atoms with E-state index in [1.54, 1.807) is 31.1 Å². The summed E-state index contributed by atoms with van der Waals surface area (Å²) in [6.07, 6.45) is 4.97. The average Bonchev–Trinajstić information content (AvgIpc) is 2.94. The van der Waals surface area contributed by atoms with Crippen LogP contribution < -0.4 is 4.74 Å². The van der Waals surface area contributed by atoms with Gasteiger partial charge in [-0.05, 0) is 48.4 Å². The van der Waals surface area contributed by atoms with Crippen LogP contribution in [0.15, 0.2) is 66.9 Å². The molecule has 2 amide bonds. The maximum atomic E-state index is 13.6. The van der Waals surface area contributed by atoms with E-state index in [0.717, 1.165) is 11.1 Å². The van der Waals surface area contributed by atoms with E-state index < -0.39 is 18.0 Å². The smallest absolute Gasteiger partial charge is 0.259 e. The first kappa shape index (κ1) is 27.0. The largest absolute Gasteiger partial charge is 0.472 e. The molecule has 0 unspecified atom stereocenters. The highest BCUT2D eigenvalue weighted by Crippen LogP contribution is 2.28. The molecule has 8 heteroatoms. The van der Waals surface area contributed by atoms with Crippen molar-refractivity contribution in [1.29, 1.82) is 0 Å². The Bertz CT molecular complexity index is 1300. The third-order valence-corrected chi connectivity index (χ3v) is 6.70. The van der Waals surface area contributed by atoms with Crippen molar-refractivity contribution in [3.8, 4) is 5.88 Å². The van der Waals surface area contributed by atoms with Crippen molar-refractivity contribution in [3.63, 3.8) is 0 Å². The summed E-state index contributed by atoms with van der Waals surface area (Å²) >= 11 is 0. The lowest BCUT2D eigenvalue weighted by atomic mass is 9.99. The number of likely N-dealkylation sites (N-methyl/N-ethyl adjacent to an activating group) is 1. The zero-order valence-electron chi connectivity index (χ0n) is 21.8. The van der Waals surface area contributed by atoms with Crippen molar-refractivity contribution in [2.45, 2.75) is 26.0 Å². The molecule has 0 saturated heterocycles. The number of halogens is 1. The second kappa shape index (κ2) is 12.0. The Balaban J connectivity index is 1.63. The predicted octanol–water partition coefficient (Wildman–Crippen LogP) is 4.38. The van der Waals surface area contributed by atoms with Gasteiger partial charge < -0.3 is 19.6 Å². The summed E-state index contributed by atoms with van der Waals surface area (Å²) in [5, 5.41) is 9.86. The number of hydrogen-bond donors (Lipinski definition) is 1. The first-order valence-corrected chi connectivity index (χ1v) is 12.6. The lowest BCUT2D eigenvalue weighted by Gasteiger charge is -2.37. The Kier molecular flexibility index (Phi) is 8.53. The molecule has 1 aliphatic rings. The minimum atomic E-state index is -0.483. The highest BCUT2D eigenvalue weighted by molar-refractivity contribution is 5.97. The summed E-state index contributed by atoms with van der Waals surface area (Å²) in [5.74, 6) is -0.950. The van der Waals surface area contributed by atoms with Crippen LogP contribution in [0.5, 0.6) is 5.88 Å². The van der Waals surface area contributed by atoms with Crippen LogP contribution >= 0.6 is 0 Å². The van der Waals surface area contributed by atoms with E-state index in [4.69, 9.17) is 4.74 Å². The van der Waals surface area contributed by atoms with Crippen LogP contribution in [0.4, 0.5) is 4.39 Å². The van der Waals surface area contributed by atoms with E-state index in [2.05, 4.69) is 4.98 Å². The quantitative estimate of drug-likeness (QED) is 0.503. The summed E-state index contributed by atoms with van der Waals surface area (Å²) < 4.78 is 19.6. The van der Waals surface area contributed by atoms with Gasteiger partial charge in [-0.2, -0.15) is 0 Å². The van der Waals surface area contributed by atoms with Crippen LogP contribution in [0.1, 0.15) is 45.7 Å². The molecule has 7 nitrogen and oxygen atoms in total. The number of rotatable bonds is 7. The molecule has 0 aliphatic carbocycles. The summed E-state index contributed by atoms with van der Waals surface area (Å²) in [4.78, 5) is 34.2. The molecule has 1 aromatic heterocycles. The standard InChI is InChI=1S/C30H32FN3O4/c1-20-17-34(21(2)19-35)30(37)26-15-23(10-9-22-7-5-4-6-8-22)16-32-28(26)38-27(20)18-33(3)29(36)24-11-13-25(31)14-12-24/h4-16,20-21,27,35H,17-19H2,1-3H3/b10-9+/t20-,21+,27+/m1/s1. The molecule has 4 rings (SSSR count). The molecule has 1 aliphatic heterocycles. The van der Waals surface area contributed by atoms with Gasteiger partial charge in [0, 0.05) is 31.3 Å². The van der Waals surface area contributed by atoms with Gasteiger partial charge in [-0.3, -0.25) is 9.59 Å². The van der Waals surface area contributed by atoms with E-state index >= 15 is 0 Å². The van der Waals surface area contributed by atoms with Gasteiger partial charge >= 0.3 is 0 Å². The number of fused-ring (bicyclic) bond motifs is 1. The highest BCUT2D eigenvalue weighted by Gasteiger charge is 2.34. The molecule has 38 heavy (non-hydrogen) atoms. The number of pyridine rings is 1. The van der Waals surface area contributed by atoms with Gasteiger partial charge in [-0.15, -0.1) is 0 Å². The first-order valence-electron chi connectivity index (χ1n) is 12.6. The van der Waals surface area contributed by atoms with E-state index in [0.29, 0.717) is 17.7 Å². The molecule has 0 bridgehead atoms. The molecule has 1 N–H and O–H groups in total. The number of benzene rings is 2. The zero-order chi connectivity index (χ0) is 27.2. The van der Waals surface area contributed by atoms with Gasteiger partial charge in [0.2, 0.25) is 5.88 Å². The van der Waals surface area contributed by atoms with E-state index in [1.807, 2.05) is 49.4 Å². The van der Waals surface area contributed by atoms with Crippen molar-refractivity contribution in [1.82, 2.24) is 14.8 Å². The molecular formula is C30H32FN3O4. The second-order valence-electron chi connectivity index (χ2n) is 9.68. The number of carbonyl (C=O) groups excluding carboxylic acids is 2. The Morgan fingerprint density at radius 1 is 1.18 bits per heavy atom. The molecule has 0 spiro atoms. The molecule has 2 heterocycles. The molecular weight excluding hydrogens is 485 g/mol. The fraction of sp³-hybridized carbons (Fsp3) is 0.300. The van der Waals surface area contributed by atoms with Gasteiger partial charge in [0.1, 0.15) is 17.5 Å². The van der Waals surface area contributed by atoms with Crippen molar-refractivity contribution in [3.05, 3.63) is 94.9 Å².